The van der Waals surface area contributed by atoms with Crippen molar-refractivity contribution in [3.05, 3.63) is 59.3 Å². The van der Waals surface area contributed by atoms with Crippen molar-refractivity contribution in [2.45, 2.75) is 39.4 Å². The Balaban J connectivity index is 0.00000363. The zero-order valence-electron chi connectivity index (χ0n) is 19.2. The molecule has 7 nitrogen and oxygen atoms in total. The van der Waals surface area contributed by atoms with E-state index in [0.717, 1.165) is 24.6 Å². The zero-order chi connectivity index (χ0) is 21.7. The topological polar surface area (TPSA) is 71.0 Å². The van der Waals surface area contributed by atoms with Crippen LogP contribution in [0.3, 0.4) is 0 Å². The Hall–Kier alpha value is -1.91. The van der Waals surface area contributed by atoms with Gasteiger partial charge in [-0.25, -0.2) is 9.98 Å². The SMILES string of the molecule is CCNC(=NCc1ccc(CN2CCCC2)cc1)NCc1cccnc1OCCOC.I. The summed E-state index contributed by atoms with van der Waals surface area (Å²) in [4.78, 5) is 11.6. The summed E-state index contributed by atoms with van der Waals surface area (Å²) < 4.78 is 10.8. The van der Waals surface area contributed by atoms with Gasteiger partial charge in [0.25, 0.3) is 0 Å². The maximum absolute atomic E-state index is 5.72. The Bertz CT molecular complexity index is 810. The smallest absolute Gasteiger partial charge is 0.218 e. The molecular weight excluding hydrogens is 517 g/mol. The first-order chi connectivity index (χ1) is 15.3. The Kier molecular flexibility index (Phi) is 12.4. The van der Waals surface area contributed by atoms with Gasteiger partial charge < -0.3 is 20.1 Å². The number of likely N-dealkylation sites (tertiary alicyclic amines) is 1. The summed E-state index contributed by atoms with van der Waals surface area (Å²) in [6, 6.07) is 12.7. The number of benzene rings is 1. The fourth-order valence-corrected chi connectivity index (χ4v) is 3.55. The van der Waals surface area contributed by atoms with E-state index >= 15 is 0 Å². The second-order valence-corrected chi connectivity index (χ2v) is 7.66. The lowest BCUT2D eigenvalue weighted by Crippen LogP contribution is -2.36. The first-order valence-corrected chi connectivity index (χ1v) is 11.2. The van der Waals surface area contributed by atoms with Gasteiger partial charge in [0.05, 0.1) is 13.2 Å². The monoisotopic (exact) mass is 553 g/mol. The van der Waals surface area contributed by atoms with Gasteiger partial charge in [0.2, 0.25) is 5.88 Å². The molecule has 0 saturated carbocycles. The highest BCUT2D eigenvalue weighted by Gasteiger charge is 2.11. The average molecular weight is 553 g/mol. The zero-order valence-corrected chi connectivity index (χ0v) is 21.5. The molecule has 0 bridgehead atoms. The molecule has 1 aliphatic rings. The van der Waals surface area contributed by atoms with Crippen LogP contribution in [0.25, 0.3) is 0 Å². The molecule has 1 saturated heterocycles. The largest absolute Gasteiger partial charge is 0.475 e. The molecule has 1 fully saturated rings. The highest BCUT2D eigenvalue weighted by atomic mass is 127. The third-order valence-corrected chi connectivity index (χ3v) is 5.21. The molecule has 0 amide bonds. The van der Waals surface area contributed by atoms with Crippen molar-refractivity contribution in [2.24, 2.45) is 4.99 Å². The molecule has 0 unspecified atom stereocenters. The molecule has 32 heavy (non-hydrogen) atoms. The number of pyridine rings is 1. The van der Waals surface area contributed by atoms with Crippen LogP contribution in [0.2, 0.25) is 0 Å². The van der Waals surface area contributed by atoms with Crippen molar-refractivity contribution in [3.8, 4) is 5.88 Å². The predicted octanol–water partition coefficient (Wildman–Crippen LogP) is 3.58. The maximum Gasteiger partial charge on any atom is 0.218 e. The molecule has 2 heterocycles. The molecule has 176 valence electrons. The van der Waals surface area contributed by atoms with Crippen LogP contribution < -0.4 is 15.4 Å². The van der Waals surface area contributed by atoms with Gasteiger partial charge in [-0.2, -0.15) is 0 Å². The van der Waals surface area contributed by atoms with E-state index in [0.29, 0.717) is 32.2 Å². The number of ether oxygens (including phenoxy) is 2. The van der Waals surface area contributed by atoms with E-state index in [2.05, 4.69) is 51.7 Å². The van der Waals surface area contributed by atoms with Crippen molar-refractivity contribution in [2.75, 3.05) is 40.0 Å². The van der Waals surface area contributed by atoms with E-state index in [1.807, 2.05) is 12.1 Å². The van der Waals surface area contributed by atoms with E-state index in [1.54, 1.807) is 13.3 Å². The molecular formula is C24H36IN5O2. The van der Waals surface area contributed by atoms with E-state index in [-0.39, 0.29) is 24.0 Å². The first kappa shape index (κ1) is 26.3. The fourth-order valence-electron chi connectivity index (χ4n) is 3.55. The molecule has 0 aliphatic carbocycles. The molecule has 1 aromatic carbocycles. The van der Waals surface area contributed by atoms with Crippen LogP contribution >= 0.6 is 24.0 Å². The van der Waals surface area contributed by atoms with Crippen molar-refractivity contribution < 1.29 is 9.47 Å². The van der Waals surface area contributed by atoms with Crippen molar-refractivity contribution in [1.29, 1.82) is 0 Å². The van der Waals surface area contributed by atoms with Crippen molar-refractivity contribution in [1.82, 2.24) is 20.5 Å². The molecule has 0 spiro atoms. The van der Waals surface area contributed by atoms with Gasteiger partial charge in [0.1, 0.15) is 6.61 Å². The maximum atomic E-state index is 5.72. The standard InChI is InChI=1S/C24H35N5O2.HI/c1-3-25-24(28-18-22-7-6-12-26-23(22)31-16-15-30-2)27-17-20-8-10-21(11-9-20)19-29-13-4-5-14-29;/h6-12H,3-5,13-19H2,1-2H3,(H2,25,27,28);1H. The molecule has 3 rings (SSSR count). The van der Waals surface area contributed by atoms with Crippen LogP contribution in [0.5, 0.6) is 5.88 Å². The molecule has 0 atom stereocenters. The van der Waals surface area contributed by atoms with Gasteiger partial charge in [-0.3, -0.25) is 4.90 Å². The number of hydrogen-bond donors (Lipinski definition) is 2. The second kappa shape index (κ2) is 15.0. The predicted molar refractivity (Wildman–Crippen MR) is 140 cm³/mol. The second-order valence-electron chi connectivity index (χ2n) is 7.66. The number of methoxy groups -OCH3 is 1. The number of hydrogen-bond acceptors (Lipinski definition) is 5. The van der Waals surface area contributed by atoms with Crippen LogP contribution in [0, 0.1) is 0 Å². The van der Waals surface area contributed by atoms with Gasteiger partial charge in [0.15, 0.2) is 5.96 Å². The first-order valence-electron chi connectivity index (χ1n) is 11.2. The lowest BCUT2D eigenvalue weighted by Gasteiger charge is -2.15. The quantitative estimate of drug-likeness (QED) is 0.192. The number of guanidine groups is 1. The highest BCUT2D eigenvalue weighted by molar-refractivity contribution is 14.0. The van der Waals surface area contributed by atoms with Crippen molar-refractivity contribution >= 4 is 29.9 Å². The van der Waals surface area contributed by atoms with Crippen LogP contribution in [-0.4, -0.2) is 55.8 Å². The number of nitrogens with one attached hydrogen (secondary N) is 2. The molecule has 1 aliphatic heterocycles. The Morgan fingerprint density at radius 2 is 1.81 bits per heavy atom. The fraction of sp³-hybridized carbons (Fsp3) is 0.500. The summed E-state index contributed by atoms with van der Waals surface area (Å²) in [7, 11) is 1.66. The van der Waals surface area contributed by atoms with Gasteiger partial charge in [-0.05, 0) is 50.0 Å². The highest BCUT2D eigenvalue weighted by Crippen LogP contribution is 2.15. The molecule has 1 aromatic heterocycles. The van der Waals surface area contributed by atoms with E-state index in [1.165, 1.54) is 37.1 Å². The third kappa shape index (κ3) is 8.91. The number of aromatic nitrogens is 1. The van der Waals surface area contributed by atoms with Gasteiger partial charge in [0, 0.05) is 38.5 Å². The van der Waals surface area contributed by atoms with E-state index in [4.69, 9.17) is 14.5 Å². The molecule has 8 heteroatoms. The van der Waals surface area contributed by atoms with Gasteiger partial charge >= 0.3 is 0 Å². The average Bonchev–Trinajstić information content (AvgIpc) is 3.31. The molecule has 0 radical (unpaired) electrons. The third-order valence-electron chi connectivity index (χ3n) is 5.21. The number of halogens is 1. The van der Waals surface area contributed by atoms with Crippen LogP contribution in [0.4, 0.5) is 0 Å². The Morgan fingerprint density at radius 1 is 1.06 bits per heavy atom. The minimum absolute atomic E-state index is 0. The number of nitrogens with zero attached hydrogens (tertiary/aromatic N) is 3. The molecule has 2 N–H and O–H groups in total. The van der Waals surface area contributed by atoms with Crippen molar-refractivity contribution in [3.63, 3.8) is 0 Å². The minimum Gasteiger partial charge on any atom is -0.475 e. The number of aliphatic imine (C=N–C) groups is 1. The Labute approximate surface area is 209 Å². The Morgan fingerprint density at radius 3 is 2.53 bits per heavy atom. The minimum atomic E-state index is 0. The summed E-state index contributed by atoms with van der Waals surface area (Å²) in [6.07, 6.45) is 4.39. The van der Waals surface area contributed by atoms with E-state index in [9.17, 15) is 0 Å². The molecule has 2 aromatic rings. The van der Waals surface area contributed by atoms with Crippen LogP contribution in [0.1, 0.15) is 36.5 Å². The normalized spacial score (nSPS) is 14.1. The summed E-state index contributed by atoms with van der Waals surface area (Å²) in [5.74, 6) is 1.40. The van der Waals surface area contributed by atoms with Gasteiger partial charge in [-0.15, -0.1) is 24.0 Å². The van der Waals surface area contributed by atoms with Crippen LogP contribution in [0.15, 0.2) is 47.6 Å². The van der Waals surface area contributed by atoms with Crippen LogP contribution in [-0.2, 0) is 24.4 Å². The van der Waals surface area contributed by atoms with E-state index < -0.39 is 0 Å². The summed E-state index contributed by atoms with van der Waals surface area (Å²) in [6.45, 7) is 8.57. The summed E-state index contributed by atoms with van der Waals surface area (Å²) in [5.41, 5.74) is 3.56. The summed E-state index contributed by atoms with van der Waals surface area (Å²) >= 11 is 0. The lowest BCUT2D eigenvalue weighted by atomic mass is 10.1. The van der Waals surface area contributed by atoms with Gasteiger partial charge in [-0.1, -0.05) is 30.3 Å². The number of rotatable bonds is 11. The lowest BCUT2D eigenvalue weighted by molar-refractivity contribution is 0.143. The summed E-state index contributed by atoms with van der Waals surface area (Å²) in [5, 5.41) is 6.68.